The molecule has 5 nitrogen and oxygen atoms in total. The highest BCUT2D eigenvalue weighted by Crippen LogP contribution is 2.17. The average Bonchev–Trinajstić information content (AvgIpc) is 2.35. The molecule has 5 heteroatoms. The van der Waals surface area contributed by atoms with E-state index in [1.807, 2.05) is 0 Å². The first-order chi connectivity index (χ1) is 9.01. The molecule has 0 spiro atoms. The molecule has 0 radical (unpaired) electrons. The summed E-state index contributed by atoms with van der Waals surface area (Å²) in [5, 5.41) is 8.54. The predicted molar refractivity (Wildman–Crippen MR) is 75.8 cm³/mol. The summed E-state index contributed by atoms with van der Waals surface area (Å²) in [5.74, 6) is -0.179. The van der Waals surface area contributed by atoms with E-state index < -0.39 is 5.97 Å². The molecule has 0 rings (SSSR count). The second-order valence-corrected chi connectivity index (χ2v) is 5.08. The molecule has 0 saturated carbocycles. The smallest absolute Gasteiger partial charge is 0.303 e. The SMILES string of the molecule is CCCC(CCN)CCC(=O)N(C)CCCC(=O)O. The first-order valence-corrected chi connectivity index (χ1v) is 7.17. The number of nitrogens with zero attached hydrogens (tertiary/aromatic N) is 1. The van der Waals surface area contributed by atoms with E-state index in [1.165, 1.54) is 0 Å². The molecular formula is C14H28N2O3. The molecule has 0 heterocycles. The Balaban J connectivity index is 3.89. The van der Waals surface area contributed by atoms with Crippen LogP contribution in [0.15, 0.2) is 0 Å². The number of rotatable bonds is 11. The molecule has 1 amide bonds. The molecule has 112 valence electrons. The Kier molecular flexibility index (Phi) is 10.2. The molecule has 0 aliphatic rings. The molecule has 1 atom stereocenters. The maximum atomic E-state index is 11.9. The Hall–Kier alpha value is -1.10. The zero-order valence-electron chi connectivity index (χ0n) is 12.2. The zero-order chi connectivity index (χ0) is 14.7. The van der Waals surface area contributed by atoms with Crippen LogP contribution in [-0.4, -0.2) is 42.0 Å². The molecule has 0 saturated heterocycles. The Morgan fingerprint density at radius 3 is 2.42 bits per heavy atom. The van der Waals surface area contributed by atoms with Gasteiger partial charge >= 0.3 is 5.97 Å². The lowest BCUT2D eigenvalue weighted by molar-refractivity contribution is -0.138. The summed E-state index contributed by atoms with van der Waals surface area (Å²) < 4.78 is 0. The number of aliphatic carboxylic acids is 1. The van der Waals surface area contributed by atoms with E-state index in [4.69, 9.17) is 10.8 Å². The van der Waals surface area contributed by atoms with Gasteiger partial charge in [0.2, 0.25) is 5.91 Å². The maximum absolute atomic E-state index is 11.9. The maximum Gasteiger partial charge on any atom is 0.303 e. The lowest BCUT2D eigenvalue weighted by atomic mass is 9.94. The quantitative estimate of drug-likeness (QED) is 0.601. The van der Waals surface area contributed by atoms with Crippen LogP contribution in [0.1, 0.15) is 51.9 Å². The minimum Gasteiger partial charge on any atom is -0.481 e. The summed E-state index contributed by atoms with van der Waals surface area (Å²) in [6.07, 6.45) is 5.26. The van der Waals surface area contributed by atoms with Crippen molar-refractivity contribution in [3.63, 3.8) is 0 Å². The van der Waals surface area contributed by atoms with Crippen LogP contribution in [0.5, 0.6) is 0 Å². The number of hydrogen-bond acceptors (Lipinski definition) is 3. The Labute approximate surface area is 116 Å². The van der Waals surface area contributed by atoms with E-state index in [0.717, 1.165) is 25.7 Å². The van der Waals surface area contributed by atoms with Crippen LogP contribution in [0, 0.1) is 5.92 Å². The molecule has 0 aromatic rings. The molecule has 0 aromatic carbocycles. The van der Waals surface area contributed by atoms with E-state index >= 15 is 0 Å². The molecule has 3 N–H and O–H groups in total. The van der Waals surface area contributed by atoms with Crippen molar-refractivity contribution in [2.45, 2.75) is 51.9 Å². The van der Waals surface area contributed by atoms with E-state index in [9.17, 15) is 9.59 Å². The lowest BCUT2D eigenvalue weighted by Crippen LogP contribution is -2.28. The highest BCUT2D eigenvalue weighted by molar-refractivity contribution is 5.75. The first kappa shape index (κ1) is 17.9. The number of carbonyl (C=O) groups is 2. The fourth-order valence-corrected chi connectivity index (χ4v) is 2.19. The normalized spacial score (nSPS) is 12.2. The summed E-state index contributed by atoms with van der Waals surface area (Å²) in [4.78, 5) is 23.9. The monoisotopic (exact) mass is 272 g/mol. The Bertz CT molecular complexity index is 263. The third-order valence-electron chi connectivity index (χ3n) is 3.35. The Morgan fingerprint density at radius 2 is 1.89 bits per heavy atom. The summed E-state index contributed by atoms with van der Waals surface area (Å²) in [7, 11) is 1.74. The highest BCUT2D eigenvalue weighted by Gasteiger charge is 2.13. The van der Waals surface area contributed by atoms with Gasteiger partial charge in [-0.3, -0.25) is 9.59 Å². The van der Waals surface area contributed by atoms with Gasteiger partial charge in [0, 0.05) is 26.4 Å². The van der Waals surface area contributed by atoms with Gasteiger partial charge in [-0.1, -0.05) is 19.8 Å². The predicted octanol–water partition coefficient (Wildman–Crippen LogP) is 1.85. The van der Waals surface area contributed by atoms with E-state index in [0.29, 0.717) is 31.8 Å². The van der Waals surface area contributed by atoms with Crippen LogP contribution in [-0.2, 0) is 9.59 Å². The van der Waals surface area contributed by atoms with Gasteiger partial charge in [-0.15, -0.1) is 0 Å². The van der Waals surface area contributed by atoms with Crippen molar-refractivity contribution in [1.29, 1.82) is 0 Å². The second-order valence-electron chi connectivity index (χ2n) is 5.08. The minimum absolute atomic E-state index is 0.100. The van der Waals surface area contributed by atoms with Crippen LogP contribution in [0.2, 0.25) is 0 Å². The molecular weight excluding hydrogens is 244 g/mol. The van der Waals surface area contributed by atoms with Crippen molar-refractivity contribution in [3.05, 3.63) is 0 Å². The molecule has 0 fully saturated rings. The van der Waals surface area contributed by atoms with Crippen molar-refractivity contribution in [3.8, 4) is 0 Å². The summed E-state index contributed by atoms with van der Waals surface area (Å²) in [6, 6.07) is 0. The van der Waals surface area contributed by atoms with E-state index in [1.54, 1.807) is 11.9 Å². The third-order valence-corrected chi connectivity index (χ3v) is 3.35. The standard InChI is InChI=1S/C14H28N2O3/c1-3-5-12(9-10-15)7-8-13(17)16(2)11-4-6-14(18)19/h12H,3-11,15H2,1-2H3,(H,18,19). The van der Waals surface area contributed by atoms with Gasteiger partial charge in [0.25, 0.3) is 0 Å². The number of carboxylic acids is 1. The molecule has 19 heavy (non-hydrogen) atoms. The van der Waals surface area contributed by atoms with Crippen molar-refractivity contribution < 1.29 is 14.7 Å². The van der Waals surface area contributed by atoms with E-state index in [2.05, 4.69) is 6.92 Å². The first-order valence-electron chi connectivity index (χ1n) is 7.17. The number of amides is 1. The fraction of sp³-hybridized carbons (Fsp3) is 0.857. The summed E-state index contributed by atoms with van der Waals surface area (Å²) in [6.45, 7) is 3.33. The largest absolute Gasteiger partial charge is 0.481 e. The number of nitrogens with two attached hydrogens (primary N) is 1. The van der Waals surface area contributed by atoms with Crippen molar-refractivity contribution in [2.24, 2.45) is 11.7 Å². The Morgan fingerprint density at radius 1 is 1.21 bits per heavy atom. The number of carbonyl (C=O) groups excluding carboxylic acids is 1. The molecule has 0 aliphatic carbocycles. The fourth-order valence-electron chi connectivity index (χ4n) is 2.19. The van der Waals surface area contributed by atoms with Gasteiger partial charge in [-0.25, -0.2) is 0 Å². The number of hydrogen-bond donors (Lipinski definition) is 2. The van der Waals surface area contributed by atoms with Gasteiger partial charge in [0.05, 0.1) is 0 Å². The highest BCUT2D eigenvalue weighted by atomic mass is 16.4. The molecule has 0 aromatic heterocycles. The van der Waals surface area contributed by atoms with Crippen molar-refractivity contribution in [2.75, 3.05) is 20.1 Å². The lowest BCUT2D eigenvalue weighted by Gasteiger charge is -2.19. The third kappa shape index (κ3) is 9.47. The van der Waals surface area contributed by atoms with Crippen LogP contribution in [0.25, 0.3) is 0 Å². The number of carboxylic acid groups (broad SMARTS) is 1. The van der Waals surface area contributed by atoms with Gasteiger partial charge in [-0.2, -0.15) is 0 Å². The van der Waals surface area contributed by atoms with Crippen LogP contribution in [0.4, 0.5) is 0 Å². The van der Waals surface area contributed by atoms with Crippen LogP contribution in [0.3, 0.4) is 0 Å². The second kappa shape index (κ2) is 10.8. The van der Waals surface area contributed by atoms with Gasteiger partial charge in [-0.05, 0) is 31.7 Å². The summed E-state index contributed by atoms with van der Waals surface area (Å²) in [5.41, 5.74) is 5.57. The van der Waals surface area contributed by atoms with Crippen molar-refractivity contribution >= 4 is 11.9 Å². The molecule has 0 aliphatic heterocycles. The topological polar surface area (TPSA) is 83.6 Å². The molecule has 0 bridgehead atoms. The van der Waals surface area contributed by atoms with Gasteiger partial charge in [0.1, 0.15) is 0 Å². The molecule has 1 unspecified atom stereocenters. The van der Waals surface area contributed by atoms with Crippen molar-refractivity contribution in [1.82, 2.24) is 4.90 Å². The van der Waals surface area contributed by atoms with Crippen LogP contribution < -0.4 is 5.73 Å². The van der Waals surface area contributed by atoms with Crippen LogP contribution >= 0.6 is 0 Å². The van der Waals surface area contributed by atoms with Gasteiger partial charge in [0.15, 0.2) is 0 Å². The zero-order valence-corrected chi connectivity index (χ0v) is 12.2. The van der Waals surface area contributed by atoms with E-state index in [-0.39, 0.29) is 12.3 Å². The minimum atomic E-state index is -0.813. The summed E-state index contributed by atoms with van der Waals surface area (Å²) >= 11 is 0. The average molecular weight is 272 g/mol. The van der Waals surface area contributed by atoms with Gasteiger partial charge < -0.3 is 15.7 Å².